The Labute approximate surface area is 167 Å². The fourth-order valence-electron chi connectivity index (χ4n) is 2.79. The first-order valence-electron chi connectivity index (χ1n) is 9.35. The Morgan fingerprint density at radius 3 is 2.11 bits per heavy atom. The number of carbonyl (C=O) groups is 3. The van der Waals surface area contributed by atoms with Crippen molar-refractivity contribution in [2.24, 2.45) is 5.41 Å². The summed E-state index contributed by atoms with van der Waals surface area (Å²) in [6.07, 6.45) is -0.837. The Morgan fingerprint density at radius 2 is 1.64 bits per heavy atom. The molecule has 0 aromatic rings. The molecule has 0 saturated carbocycles. The molecule has 1 unspecified atom stereocenters. The average Bonchev–Trinajstić information content (AvgIpc) is 2.55. The third kappa shape index (κ3) is 8.88. The molecular weight excluding hydrogens is 366 g/mol. The van der Waals surface area contributed by atoms with Crippen LogP contribution >= 0.6 is 0 Å². The van der Waals surface area contributed by atoms with E-state index in [0.717, 1.165) is 4.90 Å². The van der Waals surface area contributed by atoms with Crippen molar-refractivity contribution in [3.05, 3.63) is 0 Å². The first-order valence-corrected chi connectivity index (χ1v) is 9.35. The van der Waals surface area contributed by atoms with E-state index >= 15 is 0 Å². The van der Waals surface area contributed by atoms with Crippen LogP contribution in [0, 0.1) is 5.41 Å². The van der Waals surface area contributed by atoms with Crippen molar-refractivity contribution in [3.8, 4) is 0 Å². The van der Waals surface area contributed by atoms with Crippen molar-refractivity contribution in [2.75, 3.05) is 26.8 Å². The van der Waals surface area contributed by atoms with Crippen LogP contribution in [-0.2, 0) is 14.3 Å². The van der Waals surface area contributed by atoms with Crippen LogP contribution in [0.5, 0.6) is 0 Å². The van der Waals surface area contributed by atoms with E-state index < -0.39 is 34.6 Å². The largest absolute Gasteiger partial charge is 0.465 e. The van der Waals surface area contributed by atoms with Crippen LogP contribution in [0.4, 0.5) is 4.79 Å². The normalized spacial score (nSPS) is 13.6. The van der Waals surface area contributed by atoms with Crippen molar-refractivity contribution >= 4 is 17.9 Å². The summed E-state index contributed by atoms with van der Waals surface area (Å²) in [7, 11) is 1.33. The zero-order valence-corrected chi connectivity index (χ0v) is 18.4. The molecule has 0 aromatic heterocycles. The fourth-order valence-corrected chi connectivity index (χ4v) is 2.79. The molecule has 1 atom stereocenters. The van der Waals surface area contributed by atoms with Crippen LogP contribution in [0.3, 0.4) is 0 Å². The summed E-state index contributed by atoms with van der Waals surface area (Å²) in [5.41, 5.74) is -2.15. The van der Waals surface area contributed by atoms with Gasteiger partial charge in [0.2, 0.25) is 11.8 Å². The lowest BCUT2D eigenvalue weighted by molar-refractivity contribution is -0.133. The molecule has 0 aliphatic carbocycles. The summed E-state index contributed by atoms with van der Waals surface area (Å²) in [4.78, 5) is 36.8. The van der Waals surface area contributed by atoms with Gasteiger partial charge in [-0.2, -0.15) is 0 Å². The first-order chi connectivity index (χ1) is 12.5. The Bertz CT molecular complexity index is 560. The summed E-state index contributed by atoms with van der Waals surface area (Å²) in [5.74, 6) is -0.610. The summed E-state index contributed by atoms with van der Waals surface area (Å²) in [5, 5.41) is 23.8. The molecule has 0 rings (SSSR count). The lowest BCUT2D eigenvalue weighted by Gasteiger charge is -2.36. The highest BCUT2D eigenvalue weighted by molar-refractivity contribution is 5.85. The second-order valence-corrected chi connectivity index (χ2v) is 9.03. The lowest BCUT2D eigenvalue weighted by Crippen LogP contribution is -2.54. The molecule has 3 amide bonds. The molecule has 0 aliphatic rings. The van der Waals surface area contributed by atoms with E-state index in [1.54, 1.807) is 41.5 Å². The van der Waals surface area contributed by atoms with Crippen LogP contribution in [-0.4, -0.2) is 77.0 Å². The van der Waals surface area contributed by atoms with Gasteiger partial charge in [-0.3, -0.25) is 14.5 Å². The molecule has 9 heteroatoms. The van der Waals surface area contributed by atoms with Gasteiger partial charge in [0.15, 0.2) is 0 Å². The molecule has 0 bridgehead atoms. The van der Waals surface area contributed by atoms with Gasteiger partial charge in [-0.1, -0.05) is 13.8 Å². The first kappa shape index (κ1) is 26.1. The number of amides is 3. The Morgan fingerprint density at radius 1 is 1.11 bits per heavy atom. The van der Waals surface area contributed by atoms with E-state index in [2.05, 4.69) is 10.6 Å². The highest BCUT2D eigenvalue weighted by Crippen LogP contribution is 2.28. The van der Waals surface area contributed by atoms with E-state index in [1.807, 2.05) is 0 Å². The van der Waals surface area contributed by atoms with Gasteiger partial charge < -0.3 is 25.6 Å². The van der Waals surface area contributed by atoms with Crippen LogP contribution in [0.2, 0.25) is 0 Å². The minimum Gasteiger partial charge on any atom is -0.465 e. The summed E-state index contributed by atoms with van der Waals surface area (Å²) >= 11 is 0. The Balaban J connectivity index is 4.72. The van der Waals surface area contributed by atoms with Crippen molar-refractivity contribution in [1.82, 2.24) is 15.5 Å². The second kappa shape index (κ2) is 10.1. The molecule has 0 aromatic carbocycles. The molecule has 0 radical (unpaired) electrons. The maximum absolute atomic E-state index is 12.5. The van der Waals surface area contributed by atoms with Crippen molar-refractivity contribution in [1.29, 1.82) is 0 Å². The number of hydrogen-bond donors (Lipinski definition) is 4. The van der Waals surface area contributed by atoms with Gasteiger partial charge in [0, 0.05) is 24.5 Å². The van der Waals surface area contributed by atoms with Crippen LogP contribution < -0.4 is 10.6 Å². The number of ether oxygens (including phenoxy) is 1. The zero-order valence-electron chi connectivity index (χ0n) is 18.4. The van der Waals surface area contributed by atoms with Crippen molar-refractivity contribution in [3.63, 3.8) is 0 Å². The smallest absolute Gasteiger partial charge is 0.407 e. The van der Waals surface area contributed by atoms with Gasteiger partial charge in [0.25, 0.3) is 0 Å². The quantitative estimate of drug-likeness (QED) is 0.384. The minimum atomic E-state index is -1.19. The van der Waals surface area contributed by atoms with E-state index in [1.165, 1.54) is 14.0 Å². The fraction of sp³-hybridized carbons (Fsp3) is 0.842. The molecule has 28 heavy (non-hydrogen) atoms. The zero-order chi connectivity index (χ0) is 22.3. The van der Waals surface area contributed by atoms with Crippen molar-refractivity contribution < 1.29 is 29.3 Å². The van der Waals surface area contributed by atoms with E-state index in [4.69, 9.17) is 14.9 Å². The number of aliphatic hydroxyl groups is 1. The van der Waals surface area contributed by atoms with Crippen LogP contribution in [0.15, 0.2) is 0 Å². The van der Waals surface area contributed by atoms with Gasteiger partial charge >= 0.3 is 6.09 Å². The van der Waals surface area contributed by atoms with Gasteiger partial charge in [0.1, 0.15) is 6.04 Å². The second-order valence-electron chi connectivity index (χ2n) is 9.03. The summed E-state index contributed by atoms with van der Waals surface area (Å²) in [6, 6.07) is -0.847. The number of likely N-dealkylation sites (N-methyl/N-ethyl adjacent to an activating group) is 1. The SMILES string of the molecule is CC(C(=O)NC(C)(C)CC(C)(C)C(=O)NCCOC(C)(C)CO)N(C)C(=O)O. The van der Waals surface area contributed by atoms with E-state index in [-0.39, 0.29) is 19.1 Å². The number of nitrogens with one attached hydrogen (secondary N) is 2. The maximum Gasteiger partial charge on any atom is 0.407 e. The molecule has 4 N–H and O–H groups in total. The van der Waals surface area contributed by atoms with Gasteiger partial charge in [0.05, 0.1) is 18.8 Å². The van der Waals surface area contributed by atoms with Crippen LogP contribution in [0.25, 0.3) is 0 Å². The maximum atomic E-state index is 12.5. The van der Waals surface area contributed by atoms with Crippen LogP contribution in [0.1, 0.15) is 54.9 Å². The number of rotatable bonds is 11. The standard InChI is InChI=1S/C19H37N3O6/c1-13(22(8)16(26)27)14(24)21-18(4,5)11-17(2,3)15(25)20-9-10-28-19(6,7)12-23/h13,23H,9-12H2,1-8H3,(H,20,25)(H,21,24)(H,26,27). The highest BCUT2D eigenvalue weighted by atomic mass is 16.5. The molecular formula is C19H37N3O6. The summed E-state index contributed by atoms with van der Waals surface area (Å²) in [6.45, 7) is 12.6. The Kier molecular flexibility index (Phi) is 9.39. The molecule has 0 aliphatic heterocycles. The summed E-state index contributed by atoms with van der Waals surface area (Å²) < 4.78 is 5.49. The third-order valence-electron chi connectivity index (χ3n) is 4.48. The number of nitrogens with zero attached hydrogens (tertiary/aromatic N) is 1. The van der Waals surface area contributed by atoms with E-state index in [9.17, 15) is 14.4 Å². The third-order valence-corrected chi connectivity index (χ3v) is 4.48. The molecule has 0 fully saturated rings. The molecule has 9 nitrogen and oxygen atoms in total. The van der Waals surface area contributed by atoms with E-state index in [0.29, 0.717) is 13.0 Å². The Hall–Kier alpha value is -1.87. The number of hydrogen-bond acceptors (Lipinski definition) is 5. The van der Waals surface area contributed by atoms with Crippen molar-refractivity contribution in [2.45, 2.75) is 72.1 Å². The monoisotopic (exact) mass is 403 g/mol. The lowest BCUT2D eigenvalue weighted by atomic mass is 9.79. The molecule has 0 saturated heterocycles. The topological polar surface area (TPSA) is 128 Å². The van der Waals surface area contributed by atoms with Gasteiger partial charge in [-0.05, 0) is 41.0 Å². The van der Waals surface area contributed by atoms with Gasteiger partial charge in [-0.15, -0.1) is 0 Å². The molecule has 0 spiro atoms. The highest BCUT2D eigenvalue weighted by Gasteiger charge is 2.36. The number of carboxylic acid groups (broad SMARTS) is 1. The average molecular weight is 404 g/mol. The molecule has 0 heterocycles. The predicted molar refractivity (Wildman–Crippen MR) is 106 cm³/mol. The number of carbonyl (C=O) groups excluding carboxylic acids is 2. The predicted octanol–water partition coefficient (Wildman–Crippen LogP) is 1.20. The molecule has 164 valence electrons. The minimum absolute atomic E-state index is 0.115. The van der Waals surface area contributed by atoms with Gasteiger partial charge in [-0.25, -0.2) is 4.79 Å². The number of aliphatic hydroxyl groups excluding tert-OH is 1.